The number of rotatable bonds is 7. The van der Waals surface area contributed by atoms with Gasteiger partial charge in [-0.1, -0.05) is 25.1 Å². The Kier molecular flexibility index (Phi) is 5.96. The predicted molar refractivity (Wildman–Crippen MR) is 99.4 cm³/mol. The zero-order valence-electron chi connectivity index (χ0n) is 14.5. The summed E-state index contributed by atoms with van der Waals surface area (Å²) >= 11 is 1.26. The number of aromatic nitrogens is 1. The van der Waals surface area contributed by atoms with Crippen LogP contribution in [0.4, 0.5) is 8.78 Å². The summed E-state index contributed by atoms with van der Waals surface area (Å²) in [4.78, 5) is 4.10. The van der Waals surface area contributed by atoms with Crippen molar-refractivity contribution in [1.29, 1.82) is 0 Å². The molecule has 4 nitrogen and oxygen atoms in total. The Hall–Kier alpha value is -2.19. The standard InChI is InChI=1S/C19H17F2NO3S2/c1-2-3-12-26-19-18(27(23,24)16-10-8-15(21)9-11-16)22-17(25-19)13-4-6-14(20)7-5-13/h4-11H,2-3,12H2,1H3. The smallest absolute Gasteiger partial charge is 0.228 e. The highest BCUT2D eigenvalue weighted by atomic mass is 32.2. The van der Waals surface area contributed by atoms with Gasteiger partial charge in [-0.15, -0.1) is 0 Å². The van der Waals surface area contributed by atoms with E-state index in [-0.39, 0.29) is 20.9 Å². The molecule has 27 heavy (non-hydrogen) atoms. The highest BCUT2D eigenvalue weighted by Gasteiger charge is 2.28. The molecule has 3 aromatic rings. The molecule has 142 valence electrons. The molecule has 0 unspecified atom stereocenters. The SMILES string of the molecule is CCCCSc1oc(-c2ccc(F)cc2)nc1S(=O)(=O)c1ccc(F)cc1. The second-order valence-corrected chi connectivity index (χ2v) is 8.71. The Balaban J connectivity index is 2.06. The van der Waals surface area contributed by atoms with E-state index in [4.69, 9.17) is 4.42 Å². The maximum Gasteiger partial charge on any atom is 0.228 e. The lowest BCUT2D eigenvalue weighted by Gasteiger charge is -2.03. The van der Waals surface area contributed by atoms with Crippen LogP contribution in [0.2, 0.25) is 0 Å². The molecule has 0 amide bonds. The van der Waals surface area contributed by atoms with E-state index in [1.807, 2.05) is 6.92 Å². The highest BCUT2D eigenvalue weighted by Crippen LogP contribution is 2.35. The van der Waals surface area contributed by atoms with Gasteiger partial charge in [0, 0.05) is 11.3 Å². The van der Waals surface area contributed by atoms with Gasteiger partial charge in [0.1, 0.15) is 11.6 Å². The molecule has 0 atom stereocenters. The molecular formula is C19H17F2NO3S2. The van der Waals surface area contributed by atoms with Crippen molar-refractivity contribution in [3.63, 3.8) is 0 Å². The number of hydrogen-bond donors (Lipinski definition) is 0. The van der Waals surface area contributed by atoms with E-state index in [9.17, 15) is 17.2 Å². The third kappa shape index (κ3) is 4.39. The molecule has 0 bridgehead atoms. The molecule has 1 heterocycles. The van der Waals surface area contributed by atoms with Crippen LogP contribution in [0, 0.1) is 11.6 Å². The number of thioether (sulfide) groups is 1. The van der Waals surface area contributed by atoms with Crippen molar-refractivity contribution in [2.75, 3.05) is 5.75 Å². The Morgan fingerprint density at radius 1 is 1.00 bits per heavy atom. The van der Waals surface area contributed by atoms with Crippen LogP contribution in [0.15, 0.2) is 68.0 Å². The zero-order valence-corrected chi connectivity index (χ0v) is 16.1. The van der Waals surface area contributed by atoms with Crippen molar-refractivity contribution in [3.8, 4) is 11.5 Å². The number of halogens is 2. The summed E-state index contributed by atoms with van der Waals surface area (Å²) in [5.41, 5.74) is 0.467. The van der Waals surface area contributed by atoms with Gasteiger partial charge in [0.2, 0.25) is 25.8 Å². The van der Waals surface area contributed by atoms with Crippen LogP contribution in [-0.2, 0) is 9.84 Å². The van der Waals surface area contributed by atoms with E-state index < -0.39 is 21.5 Å². The van der Waals surface area contributed by atoms with E-state index in [0.717, 1.165) is 25.0 Å². The minimum absolute atomic E-state index is 0.0693. The van der Waals surface area contributed by atoms with Crippen LogP contribution in [-0.4, -0.2) is 19.2 Å². The minimum atomic E-state index is -3.99. The number of sulfone groups is 1. The fourth-order valence-electron chi connectivity index (χ4n) is 2.30. The fourth-order valence-corrected chi connectivity index (χ4v) is 4.92. The molecule has 1 aromatic heterocycles. The Morgan fingerprint density at radius 2 is 1.59 bits per heavy atom. The summed E-state index contributed by atoms with van der Waals surface area (Å²) in [6.07, 6.45) is 1.83. The van der Waals surface area contributed by atoms with Crippen LogP contribution >= 0.6 is 11.8 Å². The first-order chi connectivity index (χ1) is 12.9. The van der Waals surface area contributed by atoms with Gasteiger partial charge < -0.3 is 4.42 Å². The van der Waals surface area contributed by atoms with Gasteiger partial charge in [0.25, 0.3) is 0 Å². The summed E-state index contributed by atoms with van der Waals surface area (Å²) in [7, 11) is -3.99. The number of unbranched alkanes of at least 4 members (excludes halogenated alkanes) is 1. The summed E-state index contributed by atoms with van der Waals surface area (Å²) < 4.78 is 58.0. The topological polar surface area (TPSA) is 60.2 Å². The van der Waals surface area contributed by atoms with Crippen LogP contribution < -0.4 is 0 Å². The summed E-state index contributed by atoms with van der Waals surface area (Å²) in [6, 6.07) is 9.98. The molecule has 0 aliphatic rings. The first-order valence-corrected chi connectivity index (χ1v) is 10.8. The average molecular weight is 409 g/mol. The monoisotopic (exact) mass is 409 g/mol. The number of hydrogen-bond acceptors (Lipinski definition) is 5. The van der Waals surface area contributed by atoms with Gasteiger partial charge in [0.15, 0.2) is 0 Å². The molecule has 0 N–H and O–H groups in total. The second-order valence-electron chi connectivity index (χ2n) is 5.78. The normalized spacial score (nSPS) is 11.7. The molecule has 2 aromatic carbocycles. The third-order valence-corrected chi connectivity index (χ3v) is 6.61. The van der Waals surface area contributed by atoms with Crippen LogP contribution in [0.5, 0.6) is 0 Å². The molecule has 0 aliphatic heterocycles. The second kappa shape index (κ2) is 8.22. The maximum absolute atomic E-state index is 13.2. The van der Waals surface area contributed by atoms with Gasteiger partial charge in [-0.25, -0.2) is 17.2 Å². The third-order valence-electron chi connectivity index (χ3n) is 3.77. The van der Waals surface area contributed by atoms with Crippen LogP contribution in [0.25, 0.3) is 11.5 Å². The van der Waals surface area contributed by atoms with E-state index in [1.54, 1.807) is 0 Å². The van der Waals surface area contributed by atoms with Crippen molar-refractivity contribution in [2.24, 2.45) is 0 Å². The fraction of sp³-hybridized carbons (Fsp3) is 0.211. The van der Waals surface area contributed by atoms with Gasteiger partial charge >= 0.3 is 0 Å². The van der Waals surface area contributed by atoms with Gasteiger partial charge in [-0.3, -0.25) is 0 Å². The first kappa shape index (κ1) is 19.6. The quantitative estimate of drug-likeness (QED) is 0.299. The van der Waals surface area contributed by atoms with Crippen molar-refractivity contribution >= 4 is 21.6 Å². The molecule has 8 heteroatoms. The number of oxazole rings is 1. The minimum Gasteiger partial charge on any atom is -0.428 e. The van der Waals surface area contributed by atoms with Crippen molar-refractivity contribution in [1.82, 2.24) is 4.98 Å². The van der Waals surface area contributed by atoms with Crippen molar-refractivity contribution < 1.29 is 21.6 Å². The van der Waals surface area contributed by atoms with Crippen LogP contribution in [0.1, 0.15) is 19.8 Å². The molecule has 0 radical (unpaired) electrons. The van der Waals surface area contributed by atoms with Crippen molar-refractivity contribution in [2.45, 2.75) is 34.8 Å². The first-order valence-electron chi connectivity index (χ1n) is 8.32. The van der Waals surface area contributed by atoms with E-state index in [0.29, 0.717) is 11.3 Å². The van der Waals surface area contributed by atoms with E-state index in [1.165, 1.54) is 48.2 Å². The zero-order chi connectivity index (χ0) is 19.4. The lowest BCUT2D eigenvalue weighted by molar-refractivity contribution is 0.470. The molecular weight excluding hydrogens is 392 g/mol. The lowest BCUT2D eigenvalue weighted by atomic mass is 10.2. The predicted octanol–water partition coefficient (Wildman–Crippen LogP) is 5.34. The van der Waals surface area contributed by atoms with Gasteiger partial charge in [-0.05, 0) is 55.0 Å². The lowest BCUT2D eigenvalue weighted by Crippen LogP contribution is -2.04. The van der Waals surface area contributed by atoms with Gasteiger partial charge in [0.05, 0.1) is 4.90 Å². The number of benzene rings is 2. The summed E-state index contributed by atoms with van der Waals surface area (Å²) in [6.45, 7) is 2.03. The molecule has 0 fully saturated rings. The Labute approximate surface area is 160 Å². The molecule has 0 saturated carbocycles. The molecule has 0 saturated heterocycles. The van der Waals surface area contributed by atoms with Crippen molar-refractivity contribution in [3.05, 3.63) is 60.2 Å². The summed E-state index contributed by atoms with van der Waals surface area (Å²) in [5, 5.41) is -0.0402. The van der Waals surface area contributed by atoms with E-state index in [2.05, 4.69) is 4.98 Å². The molecule has 0 aliphatic carbocycles. The molecule has 0 spiro atoms. The Bertz CT molecular complexity index is 1010. The van der Waals surface area contributed by atoms with Crippen LogP contribution in [0.3, 0.4) is 0 Å². The highest BCUT2D eigenvalue weighted by molar-refractivity contribution is 8.00. The van der Waals surface area contributed by atoms with E-state index >= 15 is 0 Å². The maximum atomic E-state index is 13.2. The molecule has 3 rings (SSSR count). The largest absolute Gasteiger partial charge is 0.428 e. The Morgan fingerprint density at radius 3 is 2.19 bits per heavy atom. The summed E-state index contributed by atoms with van der Waals surface area (Å²) in [5.74, 6) is -0.184. The van der Waals surface area contributed by atoms with Gasteiger partial charge in [-0.2, -0.15) is 4.98 Å². The average Bonchev–Trinajstić information content (AvgIpc) is 3.08. The number of nitrogens with zero attached hydrogens (tertiary/aromatic N) is 1.